The van der Waals surface area contributed by atoms with Gasteiger partial charge in [-0.3, -0.25) is 14.3 Å². The molecule has 2 N–H and O–H groups in total. The fourth-order valence-electron chi connectivity index (χ4n) is 5.62. The third-order valence-corrected chi connectivity index (χ3v) is 10.0. The molecular formula is C33H53N5O8S. The number of rotatable bonds is 11. The van der Waals surface area contributed by atoms with Gasteiger partial charge in [0.2, 0.25) is 5.91 Å². The largest absolute Gasteiger partial charge is 0.490 e. The summed E-state index contributed by atoms with van der Waals surface area (Å²) in [6.45, 7) is 10.3. The minimum absolute atomic E-state index is 0.0326. The molecule has 1 aliphatic rings. The summed E-state index contributed by atoms with van der Waals surface area (Å²) in [5, 5.41) is 14.0. The molecule has 2 amide bonds. The van der Waals surface area contributed by atoms with Gasteiger partial charge in [-0.1, -0.05) is 12.1 Å². The number of carbonyl (C=O) groups excluding carboxylic acids is 2. The molecule has 47 heavy (non-hydrogen) atoms. The second kappa shape index (κ2) is 17.3. The molecule has 1 aromatic heterocycles. The fourth-order valence-corrected chi connectivity index (χ4v) is 7.00. The molecule has 13 nitrogen and oxygen atoms in total. The Morgan fingerprint density at radius 3 is 2.55 bits per heavy atom. The number of aryl methyl sites for hydroxylation is 2. The van der Waals surface area contributed by atoms with Crippen molar-refractivity contribution in [2.75, 3.05) is 58.7 Å². The van der Waals surface area contributed by atoms with Gasteiger partial charge in [0.05, 0.1) is 30.4 Å². The van der Waals surface area contributed by atoms with Crippen molar-refractivity contribution in [3.05, 3.63) is 35.2 Å². The van der Waals surface area contributed by atoms with Crippen LogP contribution in [0.5, 0.6) is 5.75 Å². The average molecular weight is 680 g/mol. The highest BCUT2D eigenvalue weighted by Gasteiger charge is 2.32. The lowest BCUT2D eigenvalue weighted by molar-refractivity contribution is -0.132. The minimum atomic E-state index is -4.08. The van der Waals surface area contributed by atoms with Gasteiger partial charge >= 0.3 is 0 Å². The molecule has 0 bridgehead atoms. The van der Waals surface area contributed by atoms with E-state index < -0.39 is 22.0 Å². The number of anilines is 1. The van der Waals surface area contributed by atoms with Gasteiger partial charge in [0, 0.05) is 44.8 Å². The summed E-state index contributed by atoms with van der Waals surface area (Å²) < 4.78 is 46.8. The quantitative estimate of drug-likeness (QED) is 0.359. The van der Waals surface area contributed by atoms with Crippen LogP contribution < -0.4 is 9.46 Å². The number of benzene rings is 1. The summed E-state index contributed by atoms with van der Waals surface area (Å²) >= 11 is 0. The monoisotopic (exact) mass is 679 g/mol. The van der Waals surface area contributed by atoms with Crippen LogP contribution in [0.15, 0.2) is 27.6 Å². The van der Waals surface area contributed by atoms with Gasteiger partial charge in [-0.05, 0) is 92.2 Å². The zero-order valence-electron chi connectivity index (χ0n) is 29.1. The van der Waals surface area contributed by atoms with Crippen molar-refractivity contribution >= 4 is 27.5 Å². The number of aromatic nitrogens is 1. The summed E-state index contributed by atoms with van der Waals surface area (Å²) in [5.41, 5.74) is 0.539. The molecule has 0 fully saturated rings. The number of carbonyl (C=O) groups is 2. The Morgan fingerprint density at radius 1 is 1.19 bits per heavy atom. The summed E-state index contributed by atoms with van der Waals surface area (Å²) in [4.78, 5) is 32.5. The summed E-state index contributed by atoms with van der Waals surface area (Å²) in [7, 11) is 1.65. The van der Waals surface area contributed by atoms with E-state index in [1.807, 2.05) is 32.8 Å². The SMILES string of the molecule is Cc1noc(C)c1S(=O)(=O)Nc1ccc2c(c1)C(=O)N([C@H](C)CO)C[C@@H](C)[C@H](CN(C)C(=O)CCCN(C)C)OCCCC[C@@H](C)O2. The van der Waals surface area contributed by atoms with E-state index in [2.05, 4.69) is 9.88 Å². The van der Waals surface area contributed by atoms with Gasteiger partial charge in [0.15, 0.2) is 10.7 Å². The molecule has 2 aromatic rings. The standard InChI is InChI=1S/C33H53N5O8S/c1-22-19-38(23(2)21-39)33(41)28-18-27(35-47(42,43)32-25(4)34-46-26(32)5)14-15-29(28)45-24(3)12-9-10-17-44-30(22)20-37(8)31(40)13-11-16-36(6)7/h14-15,18,22-24,30,35,39H,9-13,16-17,19-21H2,1-8H3/t22-,23-,24-,30+/m1/s1. The van der Waals surface area contributed by atoms with E-state index in [0.717, 1.165) is 25.8 Å². The summed E-state index contributed by atoms with van der Waals surface area (Å²) in [5.74, 6) is -0.139. The highest BCUT2D eigenvalue weighted by Crippen LogP contribution is 2.30. The maximum absolute atomic E-state index is 14.3. The maximum Gasteiger partial charge on any atom is 0.267 e. The van der Waals surface area contributed by atoms with Gasteiger partial charge in [0.1, 0.15) is 11.4 Å². The van der Waals surface area contributed by atoms with Crippen LogP contribution >= 0.6 is 0 Å². The highest BCUT2D eigenvalue weighted by molar-refractivity contribution is 7.92. The van der Waals surface area contributed by atoms with Gasteiger partial charge in [-0.25, -0.2) is 8.42 Å². The molecule has 0 saturated heterocycles. The van der Waals surface area contributed by atoms with Crippen molar-refractivity contribution in [2.45, 2.75) is 89.9 Å². The number of aliphatic hydroxyl groups is 1. The molecule has 14 heteroatoms. The number of hydrogen-bond donors (Lipinski definition) is 2. The van der Waals surface area contributed by atoms with Crippen molar-refractivity contribution in [1.82, 2.24) is 19.9 Å². The van der Waals surface area contributed by atoms with Gasteiger partial charge in [-0.15, -0.1) is 0 Å². The van der Waals surface area contributed by atoms with Crippen LogP contribution in [0, 0.1) is 19.8 Å². The topological polar surface area (TPSA) is 155 Å². The first-order chi connectivity index (χ1) is 22.1. The molecule has 0 unspecified atom stereocenters. The van der Waals surface area contributed by atoms with Crippen molar-refractivity contribution in [3.8, 4) is 5.75 Å². The Bertz CT molecular complexity index is 1430. The zero-order valence-corrected chi connectivity index (χ0v) is 29.9. The Balaban J connectivity index is 1.95. The molecule has 0 radical (unpaired) electrons. The Labute approximate surface area is 279 Å². The van der Waals surface area contributed by atoms with E-state index in [4.69, 9.17) is 14.0 Å². The number of hydrogen-bond acceptors (Lipinski definition) is 10. The summed E-state index contributed by atoms with van der Waals surface area (Å²) in [6, 6.07) is 4.03. The van der Waals surface area contributed by atoms with Crippen LogP contribution in [0.4, 0.5) is 5.69 Å². The number of aliphatic hydroxyl groups excluding tert-OH is 1. The van der Waals surface area contributed by atoms with E-state index in [-0.39, 0.29) is 64.8 Å². The second-order valence-corrected chi connectivity index (χ2v) is 14.6. The Kier molecular flexibility index (Phi) is 14.1. The smallest absolute Gasteiger partial charge is 0.267 e. The van der Waals surface area contributed by atoms with E-state index in [1.165, 1.54) is 13.0 Å². The van der Waals surface area contributed by atoms with Gasteiger partial charge < -0.3 is 33.8 Å². The van der Waals surface area contributed by atoms with Gasteiger partial charge in [-0.2, -0.15) is 0 Å². The highest BCUT2D eigenvalue weighted by atomic mass is 32.2. The fraction of sp³-hybridized carbons (Fsp3) is 0.667. The van der Waals surface area contributed by atoms with Crippen molar-refractivity contribution in [1.29, 1.82) is 0 Å². The van der Waals surface area contributed by atoms with Crippen molar-refractivity contribution in [2.24, 2.45) is 5.92 Å². The first-order valence-electron chi connectivity index (χ1n) is 16.3. The normalized spacial score (nSPS) is 20.7. The number of fused-ring (bicyclic) bond motifs is 1. The number of sulfonamides is 1. The minimum Gasteiger partial charge on any atom is -0.490 e. The molecule has 0 saturated carbocycles. The van der Waals surface area contributed by atoms with Crippen LogP contribution in [0.25, 0.3) is 0 Å². The molecule has 264 valence electrons. The average Bonchev–Trinajstić information content (AvgIpc) is 3.36. The molecule has 3 rings (SSSR count). The molecule has 2 heterocycles. The van der Waals surface area contributed by atoms with Crippen LogP contribution in [0.2, 0.25) is 0 Å². The molecule has 1 aromatic carbocycles. The Morgan fingerprint density at radius 2 is 1.91 bits per heavy atom. The zero-order chi connectivity index (χ0) is 34.9. The van der Waals surface area contributed by atoms with Crippen LogP contribution in [0.1, 0.15) is 74.7 Å². The number of ether oxygens (including phenoxy) is 2. The lowest BCUT2D eigenvalue weighted by Crippen LogP contribution is -2.48. The predicted molar refractivity (Wildman–Crippen MR) is 179 cm³/mol. The summed E-state index contributed by atoms with van der Waals surface area (Å²) in [6.07, 6.45) is 2.92. The van der Waals surface area contributed by atoms with Gasteiger partial charge in [0.25, 0.3) is 15.9 Å². The van der Waals surface area contributed by atoms with Crippen molar-refractivity contribution in [3.63, 3.8) is 0 Å². The van der Waals surface area contributed by atoms with E-state index in [9.17, 15) is 23.1 Å². The molecule has 0 spiro atoms. The number of amides is 2. The third-order valence-electron chi connectivity index (χ3n) is 8.42. The maximum atomic E-state index is 14.3. The first-order valence-corrected chi connectivity index (χ1v) is 17.8. The first kappa shape index (κ1) is 38.2. The van der Waals surface area contributed by atoms with Crippen LogP contribution in [-0.4, -0.2) is 117 Å². The number of nitrogens with one attached hydrogen (secondary N) is 1. The predicted octanol–water partition coefficient (Wildman–Crippen LogP) is 3.69. The van der Waals surface area contributed by atoms with E-state index in [1.54, 1.807) is 42.8 Å². The lowest BCUT2D eigenvalue weighted by atomic mass is 10.0. The lowest BCUT2D eigenvalue weighted by Gasteiger charge is -2.36. The van der Waals surface area contributed by atoms with Crippen molar-refractivity contribution < 1.29 is 37.1 Å². The second-order valence-electron chi connectivity index (χ2n) is 13.0. The van der Waals surface area contributed by atoms with E-state index in [0.29, 0.717) is 31.7 Å². The number of nitrogens with zero attached hydrogens (tertiary/aromatic N) is 4. The molecule has 0 aliphatic carbocycles. The molecule has 1 aliphatic heterocycles. The number of likely N-dealkylation sites (N-methyl/N-ethyl adjacent to an activating group) is 1. The van der Waals surface area contributed by atoms with Crippen LogP contribution in [-0.2, 0) is 19.6 Å². The third kappa shape index (κ3) is 10.6. The van der Waals surface area contributed by atoms with Crippen LogP contribution in [0.3, 0.4) is 0 Å². The molecule has 4 atom stereocenters. The Hall–Kier alpha value is -3.20. The molecular weight excluding hydrogens is 626 g/mol. The van der Waals surface area contributed by atoms with E-state index >= 15 is 0 Å².